The summed E-state index contributed by atoms with van der Waals surface area (Å²) in [6.07, 6.45) is 0.697. The molecule has 2 aliphatic rings. The van der Waals surface area contributed by atoms with Gasteiger partial charge in [0.1, 0.15) is 5.82 Å². The van der Waals surface area contributed by atoms with Crippen LogP contribution in [-0.4, -0.2) is 21.6 Å². The number of nitrogens with one attached hydrogen (secondary N) is 1. The highest BCUT2D eigenvalue weighted by Gasteiger charge is 2.44. The monoisotopic (exact) mass is 395 g/mol. The molecule has 3 rings (SSSR count). The molecule has 29 heavy (non-hydrogen) atoms. The Morgan fingerprint density at radius 2 is 2.10 bits per heavy atom. The SMILES string of the molecule is CC(=O)NN1C(N)=C(C#N)[C@@H](c2cccc([N+](=O)[O-])c2)C2=C1CC(C)(C)CC2=O. The van der Waals surface area contributed by atoms with Crippen LogP contribution in [-0.2, 0) is 9.59 Å². The lowest BCUT2D eigenvalue weighted by atomic mass is 9.69. The largest absolute Gasteiger partial charge is 0.383 e. The quantitative estimate of drug-likeness (QED) is 0.591. The van der Waals surface area contributed by atoms with Gasteiger partial charge in [0.15, 0.2) is 5.78 Å². The molecule has 3 N–H and O–H groups in total. The van der Waals surface area contributed by atoms with Crippen molar-refractivity contribution in [1.29, 1.82) is 5.26 Å². The van der Waals surface area contributed by atoms with Gasteiger partial charge in [-0.25, -0.2) is 5.01 Å². The molecule has 0 saturated heterocycles. The fourth-order valence-corrected chi connectivity index (χ4v) is 3.95. The zero-order valence-electron chi connectivity index (χ0n) is 16.4. The van der Waals surface area contributed by atoms with Crippen molar-refractivity contribution in [3.05, 3.63) is 62.6 Å². The molecule has 0 unspecified atom stereocenters. The molecule has 0 aromatic heterocycles. The number of carbonyl (C=O) groups is 2. The van der Waals surface area contributed by atoms with Crippen molar-refractivity contribution in [3.8, 4) is 6.07 Å². The first kappa shape index (κ1) is 20.1. The summed E-state index contributed by atoms with van der Waals surface area (Å²) in [6, 6.07) is 7.87. The predicted molar refractivity (Wildman–Crippen MR) is 103 cm³/mol. The van der Waals surface area contributed by atoms with E-state index in [4.69, 9.17) is 5.73 Å². The first-order chi connectivity index (χ1) is 13.6. The Bertz CT molecular complexity index is 1030. The summed E-state index contributed by atoms with van der Waals surface area (Å²) in [5.41, 5.74) is 9.66. The Balaban J connectivity index is 2.28. The van der Waals surface area contributed by atoms with Gasteiger partial charge in [0.2, 0.25) is 5.91 Å². The fraction of sp³-hybridized carbons (Fsp3) is 0.350. The summed E-state index contributed by atoms with van der Waals surface area (Å²) >= 11 is 0. The predicted octanol–water partition coefficient (Wildman–Crippen LogP) is 2.38. The molecule has 1 aliphatic heterocycles. The van der Waals surface area contributed by atoms with Crippen LogP contribution in [0.1, 0.15) is 45.1 Å². The lowest BCUT2D eigenvalue weighted by Crippen LogP contribution is -2.49. The van der Waals surface area contributed by atoms with Crippen LogP contribution in [0.15, 0.2) is 46.9 Å². The third kappa shape index (κ3) is 3.57. The number of nitriles is 1. The summed E-state index contributed by atoms with van der Waals surface area (Å²) in [7, 11) is 0. The van der Waals surface area contributed by atoms with E-state index in [-0.39, 0.29) is 34.7 Å². The molecule has 0 saturated carbocycles. The normalized spacial score (nSPS) is 20.8. The van der Waals surface area contributed by atoms with Crippen LogP contribution < -0.4 is 11.2 Å². The number of hydrogen-bond donors (Lipinski definition) is 2. The third-order valence-electron chi connectivity index (χ3n) is 5.06. The highest BCUT2D eigenvalue weighted by molar-refractivity contribution is 6.00. The molecule has 1 aromatic carbocycles. The number of rotatable bonds is 3. The Kier molecular flexibility index (Phi) is 4.88. The average molecular weight is 395 g/mol. The van der Waals surface area contributed by atoms with Crippen molar-refractivity contribution < 1.29 is 14.5 Å². The first-order valence-electron chi connectivity index (χ1n) is 9.03. The van der Waals surface area contributed by atoms with E-state index in [2.05, 4.69) is 5.43 Å². The number of hydrazine groups is 1. The van der Waals surface area contributed by atoms with Crippen LogP contribution in [0.25, 0.3) is 0 Å². The van der Waals surface area contributed by atoms with Gasteiger partial charge in [0.05, 0.1) is 28.2 Å². The number of allylic oxidation sites excluding steroid dienone is 3. The third-order valence-corrected chi connectivity index (χ3v) is 5.06. The Labute approximate surface area is 167 Å². The molecule has 1 aromatic rings. The molecule has 150 valence electrons. The Hall–Kier alpha value is -3.67. The highest BCUT2D eigenvalue weighted by atomic mass is 16.6. The molecule has 0 radical (unpaired) electrons. The molecule has 9 heteroatoms. The minimum atomic E-state index is -0.830. The number of amides is 1. The van der Waals surface area contributed by atoms with E-state index in [1.165, 1.54) is 30.1 Å². The van der Waals surface area contributed by atoms with Crippen LogP contribution in [0.3, 0.4) is 0 Å². The molecular weight excluding hydrogens is 374 g/mol. The zero-order valence-corrected chi connectivity index (χ0v) is 16.4. The van der Waals surface area contributed by atoms with Crippen molar-refractivity contribution >= 4 is 17.4 Å². The maximum Gasteiger partial charge on any atom is 0.269 e. The van der Waals surface area contributed by atoms with Gasteiger partial charge in [-0.1, -0.05) is 26.0 Å². The minimum Gasteiger partial charge on any atom is -0.383 e. The maximum absolute atomic E-state index is 13.1. The van der Waals surface area contributed by atoms with Crippen molar-refractivity contribution in [2.45, 2.75) is 39.5 Å². The number of benzene rings is 1. The van der Waals surface area contributed by atoms with Crippen LogP contribution in [0.2, 0.25) is 0 Å². The molecule has 0 bridgehead atoms. The van der Waals surface area contributed by atoms with Gasteiger partial charge in [-0.15, -0.1) is 0 Å². The molecule has 9 nitrogen and oxygen atoms in total. The van der Waals surface area contributed by atoms with E-state index in [0.717, 1.165) is 0 Å². The van der Waals surface area contributed by atoms with Gasteiger partial charge in [0.25, 0.3) is 5.69 Å². The number of Topliss-reactive ketones (excluding diaryl/α,β-unsaturated/α-hetero) is 1. The number of nitrogens with zero attached hydrogens (tertiary/aromatic N) is 3. The lowest BCUT2D eigenvalue weighted by Gasteiger charge is -2.43. The van der Waals surface area contributed by atoms with E-state index in [0.29, 0.717) is 23.3 Å². The number of hydrogen-bond acceptors (Lipinski definition) is 7. The molecule has 0 spiro atoms. The van der Waals surface area contributed by atoms with Crippen LogP contribution in [0, 0.1) is 26.9 Å². The van der Waals surface area contributed by atoms with Crippen molar-refractivity contribution in [1.82, 2.24) is 10.4 Å². The summed E-state index contributed by atoms with van der Waals surface area (Å²) in [5.74, 6) is -1.41. The number of non-ortho nitro benzene ring substituents is 1. The number of nitro groups is 1. The average Bonchev–Trinajstić information content (AvgIpc) is 2.62. The van der Waals surface area contributed by atoms with Gasteiger partial charge in [-0.2, -0.15) is 5.26 Å². The second kappa shape index (κ2) is 7.05. The summed E-state index contributed by atoms with van der Waals surface area (Å²) in [4.78, 5) is 35.6. The van der Waals surface area contributed by atoms with E-state index in [1.807, 2.05) is 19.9 Å². The molecule has 1 heterocycles. The summed E-state index contributed by atoms with van der Waals surface area (Å²) < 4.78 is 0. The Morgan fingerprint density at radius 3 is 2.69 bits per heavy atom. The van der Waals surface area contributed by atoms with Crippen molar-refractivity contribution in [2.75, 3.05) is 0 Å². The van der Waals surface area contributed by atoms with Gasteiger partial charge < -0.3 is 5.73 Å². The molecule has 0 fully saturated rings. The second-order valence-corrected chi connectivity index (χ2v) is 8.00. The minimum absolute atomic E-state index is 0.00320. The molecular formula is C20H21N5O4. The van der Waals surface area contributed by atoms with Crippen LogP contribution in [0.4, 0.5) is 5.69 Å². The standard InChI is InChI=1S/C20H21N5O4/c1-11(26)23-24-15-8-20(2,3)9-16(27)18(15)17(14(10-21)19(24)22)12-5-4-6-13(7-12)25(28)29/h4-7,17H,8-9,22H2,1-3H3,(H,23,26)/t17-/m1/s1. The highest BCUT2D eigenvalue weighted by Crippen LogP contribution is 2.48. The van der Waals surface area contributed by atoms with Crippen molar-refractivity contribution in [3.63, 3.8) is 0 Å². The lowest BCUT2D eigenvalue weighted by molar-refractivity contribution is -0.384. The molecule has 1 atom stereocenters. The second-order valence-electron chi connectivity index (χ2n) is 8.00. The molecule has 1 aliphatic carbocycles. The van der Waals surface area contributed by atoms with E-state index in [9.17, 15) is 25.0 Å². The summed E-state index contributed by atoms with van der Waals surface area (Å²) in [5, 5.41) is 22.3. The number of nitro benzene ring substituents is 1. The number of carbonyl (C=O) groups excluding carboxylic acids is 2. The van der Waals surface area contributed by atoms with Gasteiger partial charge >= 0.3 is 0 Å². The smallest absolute Gasteiger partial charge is 0.269 e. The number of ketones is 1. The topological polar surface area (TPSA) is 142 Å². The van der Waals surface area contributed by atoms with Gasteiger partial charge in [-0.05, 0) is 17.4 Å². The van der Waals surface area contributed by atoms with E-state index in [1.54, 1.807) is 6.07 Å². The maximum atomic E-state index is 13.1. The van der Waals surface area contributed by atoms with Gasteiger partial charge in [-0.3, -0.25) is 25.1 Å². The molecule has 1 amide bonds. The zero-order chi connectivity index (χ0) is 21.5. The van der Waals surface area contributed by atoms with E-state index < -0.39 is 16.7 Å². The van der Waals surface area contributed by atoms with Gasteiger partial charge in [0, 0.05) is 31.1 Å². The number of nitrogens with two attached hydrogens (primary N) is 1. The van der Waals surface area contributed by atoms with Crippen LogP contribution in [0.5, 0.6) is 0 Å². The van der Waals surface area contributed by atoms with Crippen molar-refractivity contribution in [2.24, 2.45) is 11.1 Å². The van der Waals surface area contributed by atoms with E-state index >= 15 is 0 Å². The Morgan fingerprint density at radius 1 is 1.41 bits per heavy atom. The fourth-order valence-electron chi connectivity index (χ4n) is 3.95. The summed E-state index contributed by atoms with van der Waals surface area (Å²) in [6.45, 7) is 5.17. The van der Waals surface area contributed by atoms with Crippen LogP contribution >= 0.6 is 0 Å². The first-order valence-corrected chi connectivity index (χ1v) is 9.03.